The number of rotatable bonds is 7. The van der Waals surface area contributed by atoms with Crippen molar-refractivity contribution < 1.29 is 0 Å². The first-order chi connectivity index (χ1) is 9.76. The smallest absolute Gasteiger partial charge is 0.126 e. The van der Waals surface area contributed by atoms with Crippen molar-refractivity contribution in [2.24, 2.45) is 0 Å². The highest BCUT2D eigenvalue weighted by Gasteiger charge is 2.07. The third kappa shape index (κ3) is 3.59. The summed E-state index contributed by atoms with van der Waals surface area (Å²) in [6.45, 7) is 8.16. The molecule has 0 saturated carbocycles. The van der Waals surface area contributed by atoms with Gasteiger partial charge >= 0.3 is 0 Å². The second-order valence-electron chi connectivity index (χ2n) is 4.93. The second-order valence-corrected chi connectivity index (χ2v) is 4.93. The molecule has 0 aliphatic heterocycles. The standard InChI is InChI=1S/C16H24N4/c1-4-10-17-16-9-7-8-14(18-16)12-20-15(6-3)11-13(5-2)19-20/h7-9,11H,4-6,10,12H2,1-3H3,(H,17,18). The molecule has 0 aliphatic carbocycles. The average Bonchev–Trinajstić information content (AvgIpc) is 2.87. The Kier molecular flexibility index (Phi) is 5.16. The lowest BCUT2D eigenvalue weighted by molar-refractivity contribution is 0.630. The summed E-state index contributed by atoms with van der Waals surface area (Å²) < 4.78 is 2.07. The summed E-state index contributed by atoms with van der Waals surface area (Å²) >= 11 is 0. The summed E-state index contributed by atoms with van der Waals surface area (Å²) in [5, 5.41) is 7.97. The van der Waals surface area contributed by atoms with Crippen LogP contribution in [-0.2, 0) is 19.4 Å². The van der Waals surface area contributed by atoms with Crippen LogP contribution in [0.5, 0.6) is 0 Å². The Morgan fingerprint density at radius 1 is 1.10 bits per heavy atom. The fourth-order valence-electron chi connectivity index (χ4n) is 2.18. The van der Waals surface area contributed by atoms with Crippen LogP contribution in [0.15, 0.2) is 24.3 Å². The van der Waals surface area contributed by atoms with E-state index in [9.17, 15) is 0 Å². The van der Waals surface area contributed by atoms with E-state index in [4.69, 9.17) is 0 Å². The normalized spacial score (nSPS) is 10.8. The molecule has 108 valence electrons. The number of hydrogen-bond donors (Lipinski definition) is 1. The fourth-order valence-corrected chi connectivity index (χ4v) is 2.18. The molecule has 4 heteroatoms. The number of anilines is 1. The molecule has 2 rings (SSSR count). The van der Waals surface area contributed by atoms with Gasteiger partial charge in [-0.3, -0.25) is 4.68 Å². The number of aryl methyl sites for hydroxylation is 2. The molecule has 0 saturated heterocycles. The Morgan fingerprint density at radius 3 is 2.65 bits per heavy atom. The van der Waals surface area contributed by atoms with E-state index in [-0.39, 0.29) is 0 Å². The lowest BCUT2D eigenvalue weighted by atomic mass is 10.2. The molecular weight excluding hydrogens is 248 g/mol. The number of hydrogen-bond acceptors (Lipinski definition) is 3. The van der Waals surface area contributed by atoms with Crippen molar-refractivity contribution in [3.05, 3.63) is 41.3 Å². The van der Waals surface area contributed by atoms with Gasteiger partial charge < -0.3 is 5.32 Å². The van der Waals surface area contributed by atoms with Crippen LogP contribution in [0.3, 0.4) is 0 Å². The molecule has 0 unspecified atom stereocenters. The van der Waals surface area contributed by atoms with Gasteiger partial charge in [-0.2, -0.15) is 5.10 Å². The second kappa shape index (κ2) is 7.08. The monoisotopic (exact) mass is 272 g/mol. The number of pyridine rings is 1. The summed E-state index contributed by atoms with van der Waals surface area (Å²) in [4.78, 5) is 4.64. The van der Waals surface area contributed by atoms with Gasteiger partial charge in [0.05, 0.1) is 17.9 Å². The maximum Gasteiger partial charge on any atom is 0.126 e. The van der Waals surface area contributed by atoms with Crippen LogP contribution >= 0.6 is 0 Å². The molecule has 2 heterocycles. The predicted molar refractivity (Wildman–Crippen MR) is 83.1 cm³/mol. The molecule has 0 amide bonds. The topological polar surface area (TPSA) is 42.7 Å². The van der Waals surface area contributed by atoms with E-state index in [0.717, 1.165) is 49.6 Å². The Labute approximate surface area is 121 Å². The minimum absolute atomic E-state index is 0.741. The van der Waals surface area contributed by atoms with Gasteiger partial charge in [0.2, 0.25) is 0 Å². The molecule has 4 nitrogen and oxygen atoms in total. The van der Waals surface area contributed by atoms with Crippen molar-refractivity contribution >= 4 is 5.82 Å². The van der Waals surface area contributed by atoms with Crippen LogP contribution in [-0.4, -0.2) is 21.3 Å². The summed E-state index contributed by atoms with van der Waals surface area (Å²) in [7, 11) is 0. The number of nitrogens with one attached hydrogen (secondary N) is 1. The van der Waals surface area contributed by atoms with Crippen molar-refractivity contribution in [2.45, 2.75) is 46.6 Å². The van der Waals surface area contributed by atoms with E-state index in [1.807, 2.05) is 6.07 Å². The molecule has 0 atom stereocenters. The molecule has 0 bridgehead atoms. The Morgan fingerprint density at radius 2 is 1.95 bits per heavy atom. The van der Waals surface area contributed by atoms with Gasteiger partial charge in [-0.05, 0) is 37.5 Å². The molecule has 0 aromatic carbocycles. The van der Waals surface area contributed by atoms with E-state index in [0.29, 0.717) is 0 Å². The van der Waals surface area contributed by atoms with Crippen LogP contribution in [0.2, 0.25) is 0 Å². The minimum Gasteiger partial charge on any atom is -0.370 e. The lowest BCUT2D eigenvalue weighted by Crippen LogP contribution is -2.09. The van der Waals surface area contributed by atoms with Gasteiger partial charge in [0.15, 0.2) is 0 Å². The van der Waals surface area contributed by atoms with Crippen LogP contribution in [0, 0.1) is 0 Å². The molecular formula is C16H24N4. The molecule has 1 N–H and O–H groups in total. The number of aromatic nitrogens is 3. The quantitative estimate of drug-likeness (QED) is 0.841. The van der Waals surface area contributed by atoms with E-state index in [1.165, 1.54) is 5.69 Å². The van der Waals surface area contributed by atoms with Crippen molar-refractivity contribution in [3.63, 3.8) is 0 Å². The highest BCUT2D eigenvalue weighted by Crippen LogP contribution is 2.11. The molecule has 0 spiro atoms. The Bertz CT molecular complexity index is 545. The first kappa shape index (κ1) is 14.6. The zero-order valence-electron chi connectivity index (χ0n) is 12.7. The first-order valence-electron chi connectivity index (χ1n) is 7.52. The zero-order valence-corrected chi connectivity index (χ0v) is 12.7. The minimum atomic E-state index is 0.741. The molecule has 0 aliphatic rings. The lowest BCUT2D eigenvalue weighted by Gasteiger charge is -2.08. The summed E-state index contributed by atoms with van der Waals surface area (Å²) in [6, 6.07) is 8.32. The van der Waals surface area contributed by atoms with Crippen molar-refractivity contribution in [1.29, 1.82) is 0 Å². The van der Waals surface area contributed by atoms with Gasteiger partial charge in [-0.1, -0.05) is 26.8 Å². The van der Waals surface area contributed by atoms with E-state index >= 15 is 0 Å². The summed E-state index contributed by atoms with van der Waals surface area (Å²) in [5.74, 6) is 0.949. The largest absolute Gasteiger partial charge is 0.370 e. The van der Waals surface area contributed by atoms with E-state index < -0.39 is 0 Å². The van der Waals surface area contributed by atoms with Gasteiger partial charge in [0.1, 0.15) is 5.82 Å². The summed E-state index contributed by atoms with van der Waals surface area (Å²) in [6.07, 6.45) is 3.08. The fraction of sp³-hybridized carbons (Fsp3) is 0.500. The van der Waals surface area contributed by atoms with Gasteiger partial charge in [0.25, 0.3) is 0 Å². The molecule has 2 aromatic rings. The van der Waals surface area contributed by atoms with Crippen molar-refractivity contribution in [3.8, 4) is 0 Å². The van der Waals surface area contributed by atoms with Crippen LogP contribution in [0.4, 0.5) is 5.82 Å². The van der Waals surface area contributed by atoms with Crippen LogP contribution < -0.4 is 5.32 Å². The SMILES string of the molecule is CCCNc1cccc(Cn2nc(CC)cc2CC)n1. The average molecular weight is 272 g/mol. The van der Waals surface area contributed by atoms with Crippen LogP contribution in [0.1, 0.15) is 44.3 Å². The van der Waals surface area contributed by atoms with Crippen molar-refractivity contribution in [2.75, 3.05) is 11.9 Å². The maximum absolute atomic E-state index is 4.64. The third-order valence-corrected chi connectivity index (χ3v) is 3.31. The molecule has 20 heavy (non-hydrogen) atoms. The number of nitrogens with zero attached hydrogens (tertiary/aromatic N) is 3. The van der Waals surface area contributed by atoms with E-state index in [2.05, 4.69) is 59.1 Å². The Balaban J connectivity index is 2.14. The molecule has 2 aromatic heterocycles. The molecule has 0 radical (unpaired) electrons. The van der Waals surface area contributed by atoms with Crippen molar-refractivity contribution in [1.82, 2.24) is 14.8 Å². The first-order valence-corrected chi connectivity index (χ1v) is 7.52. The van der Waals surface area contributed by atoms with Gasteiger partial charge in [-0.25, -0.2) is 4.98 Å². The Hall–Kier alpha value is -1.84. The zero-order chi connectivity index (χ0) is 14.4. The molecule has 0 fully saturated rings. The summed E-state index contributed by atoms with van der Waals surface area (Å²) in [5.41, 5.74) is 3.48. The highest BCUT2D eigenvalue weighted by molar-refractivity contribution is 5.35. The van der Waals surface area contributed by atoms with Gasteiger partial charge in [0, 0.05) is 12.2 Å². The third-order valence-electron chi connectivity index (χ3n) is 3.31. The predicted octanol–water partition coefficient (Wildman–Crippen LogP) is 3.27. The van der Waals surface area contributed by atoms with Gasteiger partial charge in [-0.15, -0.1) is 0 Å². The maximum atomic E-state index is 4.64. The highest BCUT2D eigenvalue weighted by atomic mass is 15.3. The van der Waals surface area contributed by atoms with Crippen LogP contribution in [0.25, 0.3) is 0 Å². The van der Waals surface area contributed by atoms with E-state index in [1.54, 1.807) is 0 Å².